The predicted octanol–water partition coefficient (Wildman–Crippen LogP) is 0.462. The molecule has 7 nitrogen and oxygen atoms in total. The molecule has 3 rings (SSSR count). The molecule has 0 radical (unpaired) electrons. The highest BCUT2D eigenvalue weighted by molar-refractivity contribution is 6.46. The summed E-state index contributed by atoms with van der Waals surface area (Å²) in [6.45, 7) is 1.25. The summed E-state index contributed by atoms with van der Waals surface area (Å²) in [5.41, 5.74) is 0.984. The number of likely N-dealkylation sites (tertiary alicyclic amines) is 1. The lowest BCUT2D eigenvalue weighted by atomic mass is 9.95. The molecule has 0 bridgehead atoms. The van der Waals surface area contributed by atoms with E-state index in [1.165, 1.54) is 30.1 Å². The van der Waals surface area contributed by atoms with E-state index >= 15 is 0 Å². The maximum Gasteiger partial charge on any atom is 0.295 e. The normalized spacial score (nSPS) is 18.0. The van der Waals surface area contributed by atoms with E-state index in [-0.39, 0.29) is 11.1 Å². The van der Waals surface area contributed by atoms with E-state index in [4.69, 9.17) is 9.47 Å². The van der Waals surface area contributed by atoms with Gasteiger partial charge in [-0.15, -0.1) is 0 Å². The summed E-state index contributed by atoms with van der Waals surface area (Å²) in [6.07, 6.45) is 0.725. The third kappa shape index (κ3) is 4.56. The van der Waals surface area contributed by atoms with Gasteiger partial charge >= 0.3 is 0 Å². The first-order valence-electron chi connectivity index (χ1n) is 10.2. The Balaban J connectivity index is 2.09. The standard InChI is InChI=1S/C24H28N2O5/c1-25(2)13-8-14-26-21(16-9-6-5-7-10-16)20(23(28)24(26)29)22(27)17-11-12-18(30-3)19(15-17)31-4/h5-7,9-12,15,21,27H,8,13-14H2,1-4H3. The van der Waals surface area contributed by atoms with Gasteiger partial charge < -0.3 is 24.4 Å². The number of nitrogens with one attached hydrogen (secondary N) is 1. The molecule has 1 unspecified atom stereocenters. The summed E-state index contributed by atoms with van der Waals surface area (Å²) in [7, 11) is 7.05. The number of ketones is 1. The number of ether oxygens (including phenoxy) is 2. The van der Waals surface area contributed by atoms with Gasteiger partial charge in [0, 0.05) is 18.5 Å². The molecule has 31 heavy (non-hydrogen) atoms. The first-order chi connectivity index (χ1) is 14.9. The van der Waals surface area contributed by atoms with Crippen molar-refractivity contribution >= 4 is 17.4 Å². The molecule has 1 heterocycles. The zero-order valence-corrected chi connectivity index (χ0v) is 18.3. The summed E-state index contributed by atoms with van der Waals surface area (Å²) in [4.78, 5) is 28.6. The Morgan fingerprint density at radius 3 is 2.32 bits per heavy atom. The van der Waals surface area contributed by atoms with Gasteiger partial charge in [-0.05, 0) is 23.3 Å². The van der Waals surface area contributed by atoms with Gasteiger partial charge in [0.25, 0.3) is 5.91 Å². The summed E-state index contributed by atoms with van der Waals surface area (Å²) < 4.78 is 10.5. The Morgan fingerprint density at radius 2 is 1.71 bits per heavy atom. The molecular weight excluding hydrogens is 396 g/mol. The maximum atomic E-state index is 13.4. The Labute approximate surface area is 182 Å². The van der Waals surface area contributed by atoms with Crippen molar-refractivity contribution in [3.8, 4) is 11.5 Å². The fraction of sp³-hybridized carbons (Fsp3) is 0.333. The Morgan fingerprint density at radius 1 is 1.03 bits per heavy atom. The minimum Gasteiger partial charge on any atom is -0.872 e. The average molecular weight is 424 g/mol. The quantitative estimate of drug-likeness (QED) is 0.378. The van der Waals surface area contributed by atoms with Crippen LogP contribution in [0.3, 0.4) is 0 Å². The summed E-state index contributed by atoms with van der Waals surface area (Å²) in [5.74, 6) is -0.996. The van der Waals surface area contributed by atoms with Crippen LogP contribution in [0.15, 0.2) is 54.1 Å². The largest absolute Gasteiger partial charge is 0.872 e. The molecule has 1 fully saturated rings. The molecule has 0 spiro atoms. The number of carbonyl (C=O) groups is 2. The smallest absolute Gasteiger partial charge is 0.295 e. The van der Waals surface area contributed by atoms with Crippen molar-refractivity contribution in [2.45, 2.75) is 12.5 Å². The summed E-state index contributed by atoms with van der Waals surface area (Å²) in [6, 6.07) is 13.2. The fourth-order valence-corrected chi connectivity index (χ4v) is 3.82. The average Bonchev–Trinajstić information content (AvgIpc) is 3.03. The molecule has 7 heteroatoms. The molecule has 1 N–H and O–H groups in total. The number of quaternary nitrogens is 1. The monoisotopic (exact) mass is 424 g/mol. The van der Waals surface area contributed by atoms with E-state index in [1.807, 2.05) is 44.4 Å². The number of rotatable bonds is 8. The van der Waals surface area contributed by atoms with Gasteiger partial charge in [-0.3, -0.25) is 9.59 Å². The molecule has 2 aromatic rings. The van der Waals surface area contributed by atoms with E-state index < -0.39 is 23.5 Å². The SMILES string of the molecule is COc1ccc(C([O-])=C2C(=O)C(=O)N(CCC[NH+](C)C)C2c2ccccc2)cc1OC. The Bertz CT molecular complexity index is 985. The number of Topliss-reactive ketones (excluding diaryl/α,β-unsaturated/α-hetero) is 1. The Kier molecular flexibility index (Phi) is 6.97. The molecule has 1 aliphatic rings. The topological polar surface area (TPSA) is 83.3 Å². The van der Waals surface area contributed by atoms with Crippen LogP contribution in [0, 0.1) is 0 Å². The van der Waals surface area contributed by atoms with Gasteiger partial charge in [0.05, 0.1) is 40.9 Å². The van der Waals surface area contributed by atoms with Crippen molar-refractivity contribution in [1.82, 2.24) is 4.90 Å². The van der Waals surface area contributed by atoms with Crippen LogP contribution in [0.1, 0.15) is 23.6 Å². The molecule has 1 saturated heterocycles. The van der Waals surface area contributed by atoms with E-state index in [0.717, 1.165) is 18.5 Å². The van der Waals surface area contributed by atoms with Crippen molar-refractivity contribution in [2.75, 3.05) is 41.4 Å². The zero-order chi connectivity index (χ0) is 22.5. The maximum absolute atomic E-state index is 13.4. The summed E-state index contributed by atoms with van der Waals surface area (Å²) in [5, 5.41) is 13.4. The van der Waals surface area contributed by atoms with Crippen molar-refractivity contribution in [3.05, 3.63) is 65.2 Å². The van der Waals surface area contributed by atoms with Crippen LogP contribution in [0.4, 0.5) is 0 Å². The second-order valence-corrected chi connectivity index (χ2v) is 7.76. The minimum absolute atomic E-state index is 0.0272. The number of benzene rings is 2. The number of amides is 1. The third-order valence-corrected chi connectivity index (χ3v) is 5.37. The lowest BCUT2D eigenvalue weighted by Crippen LogP contribution is -3.05. The van der Waals surface area contributed by atoms with Gasteiger partial charge in [0.1, 0.15) is 0 Å². The first kappa shape index (κ1) is 22.4. The molecule has 1 atom stereocenters. The molecule has 164 valence electrons. The van der Waals surface area contributed by atoms with Crippen molar-refractivity contribution in [1.29, 1.82) is 0 Å². The lowest BCUT2D eigenvalue weighted by Gasteiger charge is -2.27. The number of carbonyl (C=O) groups excluding carboxylic acids is 2. The fourth-order valence-electron chi connectivity index (χ4n) is 3.82. The number of methoxy groups -OCH3 is 2. The molecule has 1 aliphatic heterocycles. The highest BCUT2D eigenvalue weighted by Gasteiger charge is 2.43. The lowest BCUT2D eigenvalue weighted by molar-refractivity contribution is -0.858. The second-order valence-electron chi connectivity index (χ2n) is 7.76. The second kappa shape index (κ2) is 9.66. The highest BCUT2D eigenvalue weighted by Crippen LogP contribution is 2.39. The van der Waals surface area contributed by atoms with E-state index in [0.29, 0.717) is 18.0 Å². The van der Waals surface area contributed by atoms with E-state index in [1.54, 1.807) is 12.1 Å². The minimum atomic E-state index is -0.745. The number of hydrogen-bond donors (Lipinski definition) is 1. The van der Waals surface area contributed by atoms with Crippen LogP contribution in [-0.4, -0.2) is 58.0 Å². The molecule has 2 aromatic carbocycles. The molecule has 1 amide bonds. The van der Waals surface area contributed by atoms with Crippen LogP contribution in [0.5, 0.6) is 11.5 Å². The van der Waals surface area contributed by atoms with Crippen LogP contribution in [0.2, 0.25) is 0 Å². The third-order valence-electron chi connectivity index (χ3n) is 5.37. The van der Waals surface area contributed by atoms with Gasteiger partial charge in [0.2, 0.25) is 5.78 Å². The molecular formula is C24H28N2O5. The van der Waals surface area contributed by atoms with Gasteiger partial charge in [-0.2, -0.15) is 0 Å². The Hall–Kier alpha value is -3.32. The number of hydrogen-bond acceptors (Lipinski definition) is 5. The molecule has 0 aliphatic carbocycles. The highest BCUT2D eigenvalue weighted by atomic mass is 16.5. The molecule has 0 aromatic heterocycles. The number of nitrogens with zero attached hydrogens (tertiary/aromatic N) is 1. The van der Waals surface area contributed by atoms with Gasteiger partial charge in [-0.1, -0.05) is 42.2 Å². The van der Waals surface area contributed by atoms with Crippen LogP contribution in [0.25, 0.3) is 5.76 Å². The van der Waals surface area contributed by atoms with Crippen molar-refractivity contribution in [2.24, 2.45) is 0 Å². The zero-order valence-electron chi connectivity index (χ0n) is 18.3. The first-order valence-corrected chi connectivity index (χ1v) is 10.2. The summed E-state index contributed by atoms with van der Waals surface area (Å²) >= 11 is 0. The van der Waals surface area contributed by atoms with Crippen LogP contribution < -0.4 is 19.5 Å². The van der Waals surface area contributed by atoms with Gasteiger partial charge in [-0.25, -0.2) is 0 Å². The van der Waals surface area contributed by atoms with Crippen LogP contribution >= 0.6 is 0 Å². The van der Waals surface area contributed by atoms with Crippen LogP contribution in [-0.2, 0) is 9.59 Å². The van der Waals surface area contributed by atoms with Crippen molar-refractivity contribution < 1.29 is 29.1 Å². The predicted molar refractivity (Wildman–Crippen MR) is 115 cm³/mol. The van der Waals surface area contributed by atoms with Gasteiger partial charge in [0.15, 0.2) is 11.5 Å². The van der Waals surface area contributed by atoms with E-state index in [2.05, 4.69) is 0 Å². The molecule has 0 saturated carbocycles. The van der Waals surface area contributed by atoms with E-state index in [9.17, 15) is 14.7 Å². The van der Waals surface area contributed by atoms with Crippen molar-refractivity contribution in [3.63, 3.8) is 0 Å².